The maximum atomic E-state index is 6.29. The molecule has 2 heterocycles. The lowest BCUT2D eigenvalue weighted by Crippen LogP contribution is -2.13. The highest BCUT2D eigenvalue weighted by molar-refractivity contribution is 5.83. The Kier molecular flexibility index (Phi) is 2.87. The summed E-state index contributed by atoms with van der Waals surface area (Å²) in [5.41, 5.74) is 12.1. The van der Waals surface area contributed by atoms with Gasteiger partial charge in [0.15, 0.2) is 0 Å². The maximum absolute atomic E-state index is 6.29. The average molecular weight is 254 g/mol. The highest BCUT2D eigenvalue weighted by Gasteiger charge is 2.14. The van der Waals surface area contributed by atoms with Crippen molar-refractivity contribution in [3.05, 3.63) is 53.0 Å². The predicted octanol–water partition coefficient (Wildman–Crippen LogP) is 2.75. The van der Waals surface area contributed by atoms with Crippen LogP contribution in [0.3, 0.4) is 0 Å². The monoisotopic (exact) mass is 254 g/mol. The molecular weight excluding hydrogens is 236 g/mol. The number of hydrogen-bond acceptors (Lipinski definition) is 2. The van der Waals surface area contributed by atoms with Gasteiger partial charge in [-0.05, 0) is 38.0 Å². The number of rotatable bonds is 3. The van der Waals surface area contributed by atoms with Crippen molar-refractivity contribution in [2.45, 2.75) is 26.3 Å². The van der Waals surface area contributed by atoms with Gasteiger partial charge in [-0.25, -0.2) is 0 Å². The summed E-state index contributed by atoms with van der Waals surface area (Å²) in [5.74, 6) is 0. The van der Waals surface area contributed by atoms with E-state index in [0.29, 0.717) is 0 Å². The van der Waals surface area contributed by atoms with E-state index >= 15 is 0 Å². The van der Waals surface area contributed by atoms with Gasteiger partial charge in [-0.3, -0.25) is 5.10 Å². The molecule has 0 saturated carbocycles. The molecule has 19 heavy (non-hydrogen) atoms. The van der Waals surface area contributed by atoms with E-state index in [9.17, 15) is 0 Å². The van der Waals surface area contributed by atoms with Gasteiger partial charge in [-0.2, -0.15) is 5.10 Å². The quantitative estimate of drug-likeness (QED) is 0.672. The smallest absolute Gasteiger partial charge is 0.0537 e. The second-order valence-electron chi connectivity index (χ2n) is 5.12. The third-order valence-electron chi connectivity index (χ3n) is 3.63. The van der Waals surface area contributed by atoms with Crippen molar-refractivity contribution in [2.75, 3.05) is 0 Å². The fourth-order valence-corrected chi connectivity index (χ4v) is 2.54. The molecule has 0 saturated heterocycles. The summed E-state index contributed by atoms with van der Waals surface area (Å²) in [6.45, 7) is 4.11. The average Bonchev–Trinajstić information content (AvgIpc) is 2.96. The zero-order valence-electron chi connectivity index (χ0n) is 11.2. The van der Waals surface area contributed by atoms with Crippen molar-refractivity contribution in [3.8, 4) is 0 Å². The molecule has 0 amide bonds. The van der Waals surface area contributed by atoms with Gasteiger partial charge >= 0.3 is 0 Å². The van der Waals surface area contributed by atoms with Crippen LogP contribution < -0.4 is 5.73 Å². The molecule has 0 aliphatic rings. The lowest BCUT2D eigenvalue weighted by Gasteiger charge is -2.10. The van der Waals surface area contributed by atoms with Crippen molar-refractivity contribution >= 4 is 10.9 Å². The van der Waals surface area contributed by atoms with Crippen molar-refractivity contribution < 1.29 is 0 Å². The minimum Gasteiger partial charge on any atom is -0.361 e. The van der Waals surface area contributed by atoms with Gasteiger partial charge in [0.2, 0.25) is 0 Å². The van der Waals surface area contributed by atoms with Gasteiger partial charge < -0.3 is 10.7 Å². The molecule has 3 rings (SSSR count). The molecule has 4 nitrogen and oxygen atoms in total. The van der Waals surface area contributed by atoms with Crippen molar-refractivity contribution in [3.63, 3.8) is 0 Å². The summed E-state index contributed by atoms with van der Waals surface area (Å²) in [6.07, 6.45) is 4.68. The molecule has 2 aromatic heterocycles. The standard InChI is InChI=1S/C15H18N4/c1-9-3-4-15-12(5-9)11(7-17-15)6-14(16)13-8-18-19-10(13)2/h3-5,7-8,14,17H,6,16H2,1-2H3,(H,18,19). The Bertz CT molecular complexity index is 708. The molecule has 0 fully saturated rings. The van der Waals surface area contributed by atoms with Crippen molar-refractivity contribution in [2.24, 2.45) is 5.73 Å². The number of nitrogens with zero attached hydrogens (tertiary/aromatic N) is 1. The summed E-state index contributed by atoms with van der Waals surface area (Å²) in [4.78, 5) is 3.30. The summed E-state index contributed by atoms with van der Waals surface area (Å²) >= 11 is 0. The minimum absolute atomic E-state index is 0.0294. The topological polar surface area (TPSA) is 70.5 Å². The molecule has 3 aromatic rings. The van der Waals surface area contributed by atoms with E-state index in [1.165, 1.54) is 16.5 Å². The van der Waals surface area contributed by atoms with Crippen LogP contribution in [0.25, 0.3) is 10.9 Å². The number of nitrogens with two attached hydrogens (primary N) is 1. The summed E-state index contributed by atoms with van der Waals surface area (Å²) in [6, 6.07) is 6.40. The van der Waals surface area contributed by atoms with E-state index in [0.717, 1.165) is 23.2 Å². The molecule has 1 aromatic carbocycles. The molecule has 4 heteroatoms. The molecular formula is C15H18N4. The SMILES string of the molecule is Cc1ccc2[nH]cc(CC(N)c3cn[nH]c3C)c2c1. The second-order valence-corrected chi connectivity index (χ2v) is 5.12. The first-order chi connectivity index (χ1) is 9.15. The van der Waals surface area contributed by atoms with E-state index in [1.807, 2.05) is 13.1 Å². The number of H-pyrrole nitrogens is 2. The number of aryl methyl sites for hydroxylation is 2. The third-order valence-corrected chi connectivity index (χ3v) is 3.63. The van der Waals surface area contributed by atoms with Crippen LogP contribution in [0, 0.1) is 13.8 Å². The molecule has 1 atom stereocenters. The molecule has 0 radical (unpaired) electrons. The second kappa shape index (κ2) is 4.55. The Morgan fingerprint density at radius 2 is 2.16 bits per heavy atom. The van der Waals surface area contributed by atoms with Gasteiger partial charge in [-0.15, -0.1) is 0 Å². The van der Waals surface area contributed by atoms with Gasteiger partial charge in [0.05, 0.1) is 6.20 Å². The van der Waals surface area contributed by atoms with Crippen LogP contribution in [0.15, 0.2) is 30.6 Å². The Morgan fingerprint density at radius 1 is 1.32 bits per heavy atom. The van der Waals surface area contributed by atoms with Gasteiger partial charge in [-0.1, -0.05) is 11.6 Å². The van der Waals surface area contributed by atoms with E-state index < -0.39 is 0 Å². The zero-order valence-corrected chi connectivity index (χ0v) is 11.2. The number of aromatic amines is 2. The summed E-state index contributed by atoms with van der Waals surface area (Å²) in [7, 11) is 0. The zero-order chi connectivity index (χ0) is 13.4. The van der Waals surface area contributed by atoms with Crippen LogP contribution in [0.1, 0.15) is 28.4 Å². The molecule has 0 aliphatic carbocycles. The summed E-state index contributed by atoms with van der Waals surface area (Å²) < 4.78 is 0. The highest BCUT2D eigenvalue weighted by Crippen LogP contribution is 2.24. The Labute approximate surface area is 112 Å². The number of aromatic nitrogens is 3. The van der Waals surface area contributed by atoms with Gasteiger partial charge in [0, 0.05) is 34.4 Å². The molecule has 0 spiro atoms. The van der Waals surface area contributed by atoms with Crippen molar-refractivity contribution in [1.29, 1.82) is 0 Å². The number of benzene rings is 1. The largest absolute Gasteiger partial charge is 0.361 e. The lowest BCUT2D eigenvalue weighted by atomic mass is 9.99. The molecule has 0 aliphatic heterocycles. The number of hydrogen-bond donors (Lipinski definition) is 3. The molecule has 0 bridgehead atoms. The van der Waals surface area contributed by atoms with Crippen LogP contribution in [0.4, 0.5) is 0 Å². The predicted molar refractivity (Wildman–Crippen MR) is 77.0 cm³/mol. The first kappa shape index (κ1) is 12.0. The van der Waals surface area contributed by atoms with Crippen LogP contribution in [-0.4, -0.2) is 15.2 Å². The Balaban J connectivity index is 1.93. The van der Waals surface area contributed by atoms with Crippen LogP contribution in [0.5, 0.6) is 0 Å². The van der Waals surface area contributed by atoms with E-state index in [4.69, 9.17) is 5.73 Å². The maximum Gasteiger partial charge on any atom is 0.0537 e. The third kappa shape index (κ3) is 2.15. The van der Waals surface area contributed by atoms with Gasteiger partial charge in [0.25, 0.3) is 0 Å². The first-order valence-corrected chi connectivity index (χ1v) is 6.47. The van der Waals surface area contributed by atoms with E-state index in [2.05, 4.69) is 46.5 Å². The number of fused-ring (bicyclic) bond motifs is 1. The molecule has 98 valence electrons. The highest BCUT2D eigenvalue weighted by atomic mass is 15.1. The van der Waals surface area contributed by atoms with E-state index in [-0.39, 0.29) is 6.04 Å². The Hall–Kier alpha value is -2.07. The van der Waals surface area contributed by atoms with Crippen LogP contribution in [0.2, 0.25) is 0 Å². The first-order valence-electron chi connectivity index (χ1n) is 6.47. The van der Waals surface area contributed by atoms with E-state index in [1.54, 1.807) is 0 Å². The molecule has 1 unspecified atom stereocenters. The minimum atomic E-state index is -0.0294. The van der Waals surface area contributed by atoms with Crippen molar-refractivity contribution in [1.82, 2.24) is 15.2 Å². The fourth-order valence-electron chi connectivity index (χ4n) is 2.54. The van der Waals surface area contributed by atoms with Gasteiger partial charge in [0.1, 0.15) is 0 Å². The molecule has 4 N–H and O–H groups in total. The number of nitrogens with one attached hydrogen (secondary N) is 2. The lowest BCUT2D eigenvalue weighted by molar-refractivity contribution is 0.720. The Morgan fingerprint density at radius 3 is 2.89 bits per heavy atom. The summed E-state index contributed by atoms with van der Waals surface area (Å²) in [5, 5.41) is 8.23. The normalized spacial score (nSPS) is 13.0. The van der Waals surface area contributed by atoms with Crippen LogP contribution in [-0.2, 0) is 6.42 Å². The fraction of sp³-hybridized carbons (Fsp3) is 0.267. The van der Waals surface area contributed by atoms with Crippen LogP contribution >= 0.6 is 0 Å².